The predicted octanol–water partition coefficient (Wildman–Crippen LogP) is 6.76. The number of aromatic nitrogens is 2. The number of nitrogens with zero attached hydrogens (tertiary/aromatic N) is 2. The maximum absolute atomic E-state index is 6.49. The van der Waals surface area contributed by atoms with Crippen molar-refractivity contribution >= 4 is 28.2 Å². The third kappa shape index (κ3) is 5.97. The lowest BCUT2D eigenvalue weighted by atomic mass is 10.1. The third-order valence-corrected chi connectivity index (χ3v) is 4.22. The van der Waals surface area contributed by atoms with Crippen LogP contribution in [-0.4, -0.2) is 31.2 Å². The molecular weight excluding hydrogens is 386 g/mol. The third-order valence-electron chi connectivity index (χ3n) is 3.83. The first-order valence-corrected chi connectivity index (χ1v) is 10.2. The number of benzene rings is 1. The van der Waals surface area contributed by atoms with Gasteiger partial charge in [-0.3, -0.25) is 4.98 Å². The fraction of sp³-hybridized carbons (Fsp3) is 0.391. The second-order valence-electron chi connectivity index (χ2n) is 6.05. The Kier molecular flexibility index (Phi) is 10.2. The Morgan fingerprint density at radius 2 is 1.69 bits per heavy atom. The van der Waals surface area contributed by atoms with Gasteiger partial charge in [-0.05, 0) is 25.1 Å². The van der Waals surface area contributed by atoms with E-state index in [-0.39, 0.29) is 0 Å². The smallest absolute Gasteiger partial charge is 0.141 e. The molecule has 29 heavy (non-hydrogen) atoms. The van der Waals surface area contributed by atoms with Gasteiger partial charge in [0.05, 0.1) is 24.9 Å². The highest BCUT2D eigenvalue weighted by Crippen LogP contribution is 2.39. The molecule has 0 aliphatic rings. The van der Waals surface area contributed by atoms with Crippen LogP contribution in [0.3, 0.4) is 0 Å². The topological polar surface area (TPSA) is 56.3 Å². The molecule has 0 spiro atoms. The SMILES string of the molecule is CC.CCC.CNc1nc(-c2cc(OC)cc(OC)c2Cl)cc2cnc(C)cc12. The highest BCUT2D eigenvalue weighted by atomic mass is 35.5. The van der Waals surface area contributed by atoms with E-state index < -0.39 is 0 Å². The molecule has 3 aromatic rings. The minimum Gasteiger partial charge on any atom is -0.497 e. The van der Waals surface area contributed by atoms with Crippen molar-refractivity contribution in [3.8, 4) is 22.8 Å². The summed E-state index contributed by atoms with van der Waals surface area (Å²) in [6.45, 7) is 10.2. The average molecular weight is 418 g/mol. The number of pyridine rings is 2. The molecule has 0 atom stereocenters. The van der Waals surface area contributed by atoms with Crippen molar-refractivity contribution in [3.05, 3.63) is 41.2 Å². The van der Waals surface area contributed by atoms with E-state index in [4.69, 9.17) is 26.1 Å². The monoisotopic (exact) mass is 417 g/mol. The molecule has 2 heterocycles. The van der Waals surface area contributed by atoms with Crippen molar-refractivity contribution in [1.82, 2.24) is 9.97 Å². The van der Waals surface area contributed by atoms with Crippen LogP contribution in [0.4, 0.5) is 5.82 Å². The van der Waals surface area contributed by atoms with E-state index in [2.05, 4.69) is 24.1 Å². The Morgan fingerprint density at radius 1 is 1.03 bits per heavy atom. The van der Waals surface area contributed by atoms with Crippen molar-refractivity contribution in [2.75, 3.05) is 26.6 Å². The highest BCUT2D eigenvalue weighted by Gasteiger charge is 2.15. The molecule has 0 saturated heterocycles. The Bertz CT molecular complexity index is 930. The summed E-state index contributed by atoms with van der Waals surface area (Å²) < 4.78 is 10.7. The van der Waals surface area contributed by atoms with Gasteiger partial charge in [0.15, 0.2) is 0 Å². The molecule has 6 heteroatoms. The lowest BCUT2D eigenvalue weighted by Gasteiger charge is -2.14. The molecule has 3 rings (SSSR count). The largest absolute Gasteiger partial charge is 0.497 e. The van der Waals surface area contributed by atoms with Crippen molar-refractivity contribution in [2.45, 2.75) is 41.0 Å². The van der Waals surface area contributed by atoms with Crippen LogP contribution in [-0.2, 0) is 0 Å². The average Bonchev–Trinajstić information content (AvgIpc) is 2.75. The van der Waals surface area contributed by atoms with Gasteiger partial charge in [-0.15, -0.1) is 0 Å². The Hall–Kier alpha value is -2.53. The van der Waals surface area contributed by atoms with Gasteiger partial charge in [-0.1, -0.05) is 45.7 Å². The second-order valence-corrected chi connectivity index (χ2v) is 6.43. The predicted molar refractivity (Wildman–Crippen MR) is 125 cm³/mol. The molecule has 0 saturated carbocycles. The van der Waals surface area contributed by atoms with Crippen LogP contribution in [0.2, 0.25) is 5.02 Å². The number of nitrogens with one attached hydrogen (secondary N) is 1. The minimum absolute atomic E-state index is 0.493. The number of anilines is 1. The van der Waals surface area contributed by atoms with E-state index in [1.807, 2.05) is 52.2 Å². The number of hydrogen-bond donors (Lipinski definition) is 1. The molecule has 1 aromatic carbocycles. The number of hydrogen-bond acceptors (Lipinski definition) is 5. The van der Waals surface area contributed by atoms with E-state index in [9.17, 15) is 0 Å². The van der Waals surface area contributed by atoms with Crippen LogP contribution in [0, 0.1) is 6.92 Å². The van der Waals surface area contributed by atoms with Gasteiger partial charge in [-0.25, -0.2) is 4.98 Å². The molecule has 5 nitrogen and oxygen atoms in total. The summed E-state index contributed by atoms with van der Waals surface area (Å²) in [7, 11) is 5.02. The summed E-state index contributed by atoms with van der Waals surface area (Å²) >= 11 is 6.49. The standard InChI is InChI=1S/C18H18ClN3O2.C3H8.C2H6/c1-10-5-13-11(9-21-10)6-15(22-18(13)20-2)14-7-12(23-3)8-16(24-4)17(14)19;1-3-2;1-2/h5-9H,1-4H3,(H,20,22);3H2,1-2H3;1-2H3. The number of ether oxygens (including phenoxy) is 2. The van der Waals surface area contributed by atoms with Gasteiger partial charge in [0.2, 0.25) is 0 Å². The summed E-state index contributed by atoms with van der Waals surface area (Å²) in [6.07, 6.45) is 3.09. The minimum atomic E-state index is 0.493. The lowest BCUT2D eigenvalue weighted by molar-refractivity contribution is 0.395. The molecule has 2 aromatic heterocycles. The zero-order valence-corrected chi connectivity index (χ0v) is 19.4. The molecular formula is C23H32ClN3O2. The van der Waals surface area contributed by atoms with E-state index in [0.717, 1.165) is 33.5 Å². The quantitative estimate of drug-likeness (QED) is 0.508. The Morgan fingerprint density at radius 3 is 2.24 bits per heavy atom. The van der Waals surface area contributed by atoms with Gasteiger partial charge in [0, 0.05) is 41.3 Å². The van der Waals surface area contributed by atoms with Crippen LogP contribution in [0.5, 0.6) is 11.5 Å². The van der Waals surface area contributed by atoms with Crippen LogP contribution in [0.1, 0.15) is 39.8 Å². The van der Waals surface area contributed by atoms with E-state index in [1.54, 1.807) is 20.3 Å². The molecule has 1 N–H and O–H groups in total. The maximum atomic E-state index is 6.49. The highest BCUT2D eigenvalue weighted by molar-refractivity contribution is 6.34. The van der Waals surface area contributed by atoms with Crippen molar-refractivity contribution in [2.24, 2.45) is 0 Å². The Balaban J connectivity index is 0.000000771. The Labute approximate surface area is 179 Å². The van der Waals surface area contributed by atoms with E-state index in [0.29, 0.717) is 16.5 Å². The molecule has 0 fully saturated rings. The zero-order chi connectivity index (χ0) is 22.0. The molecule has 0 aliphatic heterocycles. The first kappa shape index (κ1) is 24.5. The summed E-state index contributed by atoms with van der Waals surface area (Å²) in [5.74, 6) is 1.97. The van der Waals surface area contributed by atoms with E-state index in [1.165, 1.54) is 6.42 Å². The molecule has 158 valence electrons. The number of halogens is 1. The van der Waals surface area contributed by atoms with Gasteiger partial charge in [0.25, 0.3) is 0 Å². The number of rotatable bonds is 4. The summed E-state index contributed by atoms with van der Waals surface area (Å²) in [4.78, 5) is 9.08. The first-order chi connectivity index (χ1) is 14.0. The first-order valence-electron chi connectivity index (χ1n) is 9.86. The summed E-state index contributed by atoms with van der Waals surface area (Å²) in [5, 5.41) is 5.63. The zero-order valence-electron chi connectivity index (χ0n) is 18.7. The number of methoxy groups -OCH3 is 2. The van der Waals surface area contributed by atoms with Crippen molar-refractivity contribution in [3.63, 3.8) is 0 Å². The van der Waals surface area contributed by atoms with E-state index >= 15 is 0 Å². The molecule has 0 radical (unpaired) electrons. The molecule has 0 amide bonds. The van der Waals surface area contributed by atoms with Crippen LogP contribution in [0.25, 0.3) is 22.0 Å². The molecule has 0 unspecified atom stereocenters. The second kappa shape index (κ2) is 12.1. The van der Waals surface area contributed by atoms with Gasteiger partial charge in [-0.2, -0.15) is 0 Å². The number of aryl methyl sites for hydroxylation is 1. The summed E-state index contributed by atoms with van der Waals surface area (Å²) in [6, 6.07) is 7.56. The van der Waals surface area contributed by atoms with Gasteiger partial charge < -0.3 is 14.8 Å². The van der Waals surface area contributed by atoms with Gasteiger partial charge in [0.1, 0.15) is 17.3 Å². The molecule has 0 bridgehead atoms. The van der Waals surface area contributed by atoms with Crippen molar-refractivity contribution < 1.29 is 9.47 Å². The number of fused-ring (bicyclic) bond motifs is 1. The fourth-order valence-electron chi connectivity index (χ4n) is 2.60. The van der Waals surface area contributed by atoms with Crippen LogP contribution < -0.4 is 14.8 Å². The van der Waals surface area contributed by atoms with Crippen LogP contribution in [0.15, 0.2) is 30.5 Å². The van der Waals surface area contributed by atoms with Gasteiger partial charge >= 0.3 is 0 Å². The lowest BCUT2D eigenvalue weighted by Crippen LogP contribution is -1.98. The fourth-order valence-corrected chi connectivity index (χ4v) is 2.89. The molecule has 0 aliphatic carbocycles. The summed E-state index contributed by atoms with van der Waals surface area (Å²) in [5.41, 5.74) is 2.40. The maximum Gasteiger partial charge on any atom is 0.141 e. The normalized spacial score (nSPS) is 9.69. The van der Waals surface area contributed by atoms with Crippen LogP contribution >= 0.6 is 11.6 Å². The van der Waals surface area contributed by atoms with Crippen molar-refractivity contribution in [1.29, 1.82) is 0 Å².